The zero-order valence-electron chi connectivity index (χ0n) is 14.1. The Hall–Kier alpha value is -2.46. The van der Waals surface area contributed by atoms with Crippen molar-refractivity contribution in [3.8, 4) is 21.7 Å². The van der Waals surface area contributed by atoms with Crippen LogP contribution in [0.25, 0.3) is 21.7 Å². The van der Waals surface area contributed by atoms with E-state index in [1.165, 1.54) is 0 Å². The predicted octanol–water partition coefficient (Wildman–Crippen LogP) is 7.53. The first-order valence-corrected chi connectivity index (χ1v) is 9.89. The van der Waals surface area contributed by atoms with Crippen LogP contribution in [0, 0.1) is 0 Å². The van der Waals surface area contributed by atoms with E-state index >= 15 is 0 Å². The van der Waals surface area contributed by atoms with E-state index in [1.807, 2.05) is 42.5 Å². The number of rotatable bonds is 4. The highest BCUT2D eigenvalue weighted by molar-refractivity contribution is 7.19. The summed E-state index contributed by atoms with van der Waals surface area (Å²) in [5, 5.41) is 1.78. The van der Waals surface area contributed by atoms with Gasteiger partial charge in [0.15, 0.2) is 0 Å². The zero-order valence-corrected chi connectivity index (χ0v) is 16.5. The fourth-order valence-corrected chi connectivity index (χ4v) is 4.13. The fraction of sp³-hybridized carbons (Fsp3) is 0. The maximum atomic E-state index is 6.23. The fourth-order valence-electron chi connectivity index (χ4n) is 2.69. The molecule has 132 valence electrons. The number of thiazole rings is 1. The second kappa shape index (κ2) is 8.05. The van der Waals surface area contributed by atoms with Gasteiger partial charge in [-0.3, -0.25) is 0 Å². The number of aromatic nitrogens is 1. The van der Waals surface area contributed by atoms with Crippen molar-refractivity contribution in [2.45, 2.75) is 0 Å². The van der Waals surface area contributed by atoms with Crippen molar-refractivity contribution in [3.05, 3.63) is 94.5 Å². The summed E-state index contributed by atoms with van der Waals surface area (Å²) < 4.78 is 0. The van der Waals surface area contributed by atoms with Gasteiger partial charge in [0.25, 0.3) is 0 Å². The molecule has 0 radical (unpaired) electrons. The lowest BCUT2D eigenvalue weighted by atomic mass is 10.1. The highest BCUT2D eigenvalue weighted by Gasteiger charge is 2.14. The third kappa shape index (κ3) is 3.96. The van der Waals surface area contributed by atoms with Gasteiger partial charge in [-0.1, -0.05) is 101 Å². The van der Waals surface area contributed by atoms with E-state index in [2.05, 4.69) is 29.3 Å². The van der Waals surface area contributed by atoms with Crippen LogP contribution < -0.4 is 0 Å². The number of aliphatic imine (C=N–C) groups is 1. The largest absolute Gasteiger partial charge is 0.227 e. The van der Waals surface area contributed by atoms with Crippen LogP contribution in [0.3, 0.4) is 0 Å². The topological polar surface area (TPSA) is 25.2 Å². The van der Waals surface area contributed by atoms with Crippen molar-refractivity contribution in [1.82, 2.24) is 4.98 Å². The van der Waals surface area contributed by atoms with Crippen molar-refractivity contribution in [2.24, 2.45) is 4.99 Å². The molecule has 0 aliphatic heterocycles. The number of nitrogens with zero attached hydrogens (tertiary/aromatic N) is 2. The third-order valence-corrected chi connectivity index (χ3v) is 5.67. The van der Waals surface area contributed by atoms with Crippen LogP contribution in [0.1, 0.15) is 5.56 Å². The van der Waals surface area contributed by atoms with Gasteiger partial charge in [0, 0.05) is 17.3 Å². The van der Waals surface area contributed by atoms with Gasteiger partial charge >= 0.3 is 0 Å². The Balaban J connectivity index is 1.79. The maximum absolute atomic E-state index is 6.23. The van der Waals surface area contributed by atoms with Crippen LogP contribution in [0.15, 0.2) is 83.9 Å². The number of benzene rings is 3. The van der Waals surface area contributed by atoms with Gasteiger partial charge in [-0.15, -0.1) is 0 Å². The first-order chi connectivity index (χ1) is 13.2. The molecule has 0 aliphatic rings. The first kappa shape index (κ1) is 17.9. The van der Waals surface area contributed by atoms with Crippen molar-refractivity contribution >= 4 is 45.9 Å². The van der Waals surface area contributed by atoms with Crippen molar-refractivity contribution in [2.75, 3.05) is 0 Å². The van der Waals surface area contributed by atoms with Gasteiger partial charge in [-0.05, 0) is 17.7 Å². The quantitative estimate of drug-likeness (QED) is 0.320. The SMILES string of the molecule is Clc1cccc(Cl)c1C=Nc1nc(-c2ccccc2)c(-c2ccccc2)s1. The smallest absolute Gasteiger partial charge is 0.210 e. The minimum Gasteiger partial charge on any atom is -0.227 e. The molecule has 5 heteroatoms. The van der Waals surface area contributed by atoms with E-state index in [-0.39, 0.29) is 0 Å². The lowest BCUT2D eigenvalue weighted by Crippen LogP contribution is -1.84. The highest BCUT2D eigenvalue weighted by Crippen LogP contribution is 2.40. The summed E-state index contributed by atoms with van der Waals surface area (Å²) in [4.78, 5) is 10.4. The molecule has 0 amide bonds. The van der Waals surface area contributed by atoms with E-state index in [0.29, 0.717) is 20.7 Å². The number of halogens is 2. The average Bonchev–Trinajstić information content (AvgIpc) is 3.13. The molecule has 0 aliphatic carbocycles. The summed E-state index contributed by atoms with van der Waals surface area (Å²) >= 11 is 14.0. The maximum Gasteiger partial charge on any atom is 0.210 e. The van der Waals surface area contributed by atoms with Gasteiger partial charge in [-0.25, -0.2) is 9.98 Å². The molecule has 0 unspecified atom stereocenters. The van der Waals surface area contributed by atoms with Gasteiger partial charge in [-0.2, -0.15) is 0 Å². The molecule has 0 saturated heterocycles. The summed E-state index contributed by atoms with van der Waals surface area (Å²) in [6, 6.07) is 25.7. The Bertz CT molecular complexity index is 1010. The van der Waals surface area contributed by atoms with E-state index in [4.69, 9.17) is 28.2 Å². The molecule has 0 N–H and O–H groups in total. The second-order valence-corrected chi connectivity index (χ2v) is 7.59. The minimum absolute atomic E-state index is 0.564. The van der Waals surface area contributed by atoms with E-state index < -0.39 is 0 Å². The molecule has 27 heavy (non-hydrogen) atoms. The van der Waals surface area contributed by atoms with Crippen molar-refractivity contribution < 1.29 is 0 Å². The molecule has 3 aromatic carbocycles. The van der Waals surface area contributed by atoms with Crippen LogP contribution in [0.4, 0.5) is 5.13 Å². The number of hydrogen-bond acceptors (Lipinski definition) is 3. The molecule has 1 aromatic heterocycles. The van der Waals surface area contributed by atoms with Gasteiger partial charge < -0.3 is 0 Å². The van der Waals surface area contributed by atoms with Gasteiger partial charge in [0.2, 0.25) is 5.13 Å². The Kier molecular flexibility index (Phi) is 5.35. The van der Waals surface area contributed by atoms with E-state index in [9.17, 15) is 0 Å². The van der Waals surface area contributed by atoms with Crippen LogP contribution >= 0.6 is 34.5 Å². The molecule has 0 spiro atoms. The molecule has 0 bridgehead atoms. The first-order valence-electron chi connectivity index (χ1n) is 8.32. The normalized spacial score (nSPS) is 11.2. The number of hydrogen-bond donors (Lipinski definition) is 0. The van der Waals surface area contributed by atoms with E-state index in [1.54, 1.807) is 29.7 Å². The zero-order chi connectivity index (χ0) is 18.6. The van der Waals surface area contributed by atoms with Crippen LogP contribution in [-0.2, 0) is 0 Å². The standard InChI is InChI=1S/C22H14Cl2N2S/c23-18-12-7-13-19(24)17(18)14-25-22-26-20(15-8-3-1-4-9-15)21(27-22)16-10-5-2-6-11-16/h1-14H. The molecule has 0 saturated carbocycles. The molecule has 0 atom stereocenters. The summed E-state index contributed by atoms with van der Waals surface area (Å²) in [6.45, 7) is 0. The molecule has 0 fully saturated rings. The van der Waals surface area contributed by atoms with Crippen LogP contribution in [0.2, 0.25) is 10.0 Å². The Morgan fingerprint density at radius 2 is 1.33 bits per heavy atom. The lowest BCUT2D eigenvalue weighted by molar-refractivity contribution is 1.36. The van der Waals surface area contributed by atoms with E-state index in [0.717, 1.165) is 21.7 Å². The molecule has 2 nitrogen and oxygen atoms in total. The highest BCUT2D eigenvalue weighted by atomic mass is 35.5. The molecule has 4 rings (SSSR count). The molecular weight excluding hydrogens is 395 g/mol. The monoisotopic (exact) mass is 408 g/mol. The average molecular weight is 409 g/mol. The second-order valence-electron chi connectivity index (χ2n) is 5.80. The Morgan fingerprint density at radius 1 is 0.741 bits per heavy atom. The summed E-state index contributed by atoms with van der Waals surface area (Å²) in [7, 11) is 0. The minimum atomic E-state index is 0.564. The van der Waals surface area contributed by atoms with Crippen LogP contribution in [-0.4, -0.2) is 11.2 Å². The summed E-state index contributed by atoms with van der Waals surface area (Å²) in [5.74, 6) is 0. The molecule has 4 aromatic rings. The lowest BCUT2D eigenvalue weighted by Gasteiger charge is -2.02. The van der Waals surface area contributed by atoms with Crippen molar-refractivity contribution in [1.29, 1.82) is 0 Å². The third-order valence-electron chi connectivity index (χ3n) is 4.00. The predicted molar refractivity (Wildman–Crippen MR) is 117 cm³/mol. The van der Waals surface area contributed by atoms with Crippen LogP contribution in [0.5, 0.6) is 0 Å². The summed E-state index contributed by atoms with van der Waals surface area (Å²) in [5.41, 5.74) is 3.79. The molecular formula is C22H14Cl2N2S. The Labute approximate surface area is 171 Å². The summed E-state index contributed by atoms with van der Waals surface area (Å²) in [6.07, 6.45) is 1.67. The Morgan fingerprint density at radius 3 is 1.96 bits per heavy atom. The molecule has 1 heterocycles. The van der Waals surface area contributed by atoms with Gasteiger partial charge in [0.05, 0.1) is 20.6 Å². The van der Waals surface area contributed by atoms with Gasteiger partial charge in [0.1, 0.15) is 0 Å². The van der Waals surface area contributed by atoms with Crippen molar-refractivity contribution in [3.63, 3.8) is 0 Å².